The van der Waals surface area contributed by atoms with E-state index in [1.165, 1.54) is 11.1 Å². The number of nitrogens with zero attached hydrogens (tertiary/aromatic N) is 3. The monoisotopic (exact) mass is 374 g/mol. The average molecular weight is 374 g/mol. The van der Waals surface area contributed by atoms with E-state index < -0.39 is 0 Å². The van der Waals surface area contributed by atoms with Gasteiger partial charge in [-0.3, -0.25) is 4.79 Å². The molecule has 5 nitrogen and oxygen atoms in total. The van der Waals surface area contributed by atoms with Gasteiger partial charge in [0, 0.05) is 36.1 Å². The zero-order valence-corrected chi connectivity index (χ0v) is 16.7. The molecule has 0 radical (unpaired) electrons. The van der Waals surface area contributed by atoms with Crippen molar-refractivity contribution in [2.75, 3.05) is 18.0 Å². The fraction of sp³-hybridized carbons (Fsp3) is 0.348. The van der Waals surface area contributed by atoms with E-state index in [1.807, 2.05) is 19.1 Å². The van der Waals surface area contributed by atoms with Crippen LogP contribution in [-0.2, 0) is 0 Å². The van der Waals surface area contributed by atoms with E-state index in [-0.39, 0.29) is 5.56 Å². The van der Waals surface area contributed by atoms with Crippen LogP contribution in [0.3, 0.4) is 0 Å². The summed E-state index contributed by atoms with van der Waals surface area (Å²) in [6.07, 6.45) is 4.08. The summed E-state index contributed by atoms with van der Waals surface area (Å²) in [5.41, 5.74) is 5.02. The molecule has 3 aromatic rings. The fourth-order valence-corrected chi connectivity index (χ4v) is 3.96. The standard InChI is InChI=1S/C23H26N4O/c1-15-6-4-5-7-20(15)18-10-12-27(13-11-18)21-9-8-19(14-24-21)22-25-17(3)16(2)23(28)26-22/h4-9,14,18H,10-13H2,1-3H3,(H,25,26,28). The van der Waals surface area contributed by atoms with Gasteiger partial charge in [-0.05, 0) is 62.8 Å². The molecule has 1 fully saturated rings. The highest BCUT2D eigenvalue weighted by atomic mass is 16.1. The molecule has 0 bridgehead atoms. The lowest BCUT2D eigenvalue weighted by molar-refractivity contribution is 0.501. The molecule has 4 rings (SSSR count). The van der Waals surface area contributed by atoms with Crippen LogP contribution in [0.15, 0.2) is 47.4 Å². The van der Waals surface area contributed by atoms with Crippen LogP contribution in [0.5, 0.6) is 0 Å². The van der Waals surface area contributed by atoms with Gasteiger partial charge in [0.15, 0.2) is 0 Å². The highest BCUT2D eigenvalue weighted by molar-refractivity contribution is 5.56. The van der Waals surface area contributed by atoms with Gasteiger partial charge in [0.05, 0.1) is 0 Å². The van der Waals surface area contributed by atoms with E-state index in [9.17, 15) is 4.79 Å². The van der Waals surface area contributed by atoms with Crippen LogP contribution in [0.1, 0.15) is 41.1 Å². The van der Waals surface area contributed by atoms with E-state index in [2.05, 4.69) is 51.0 Å². The first-order chi connectivity index (χ1) is 13.5. The quantitative estimate of drug-likeness (QED) is 0.748. The molecule has 0 aliphatic carbocycles. The summed E-state index contributed by atoms with van der Waals surface area (Å²) in [6.45, 7) is 7.85. The molecule has 0 unspecified atom stereocenters. The molecule has 0 saturated carbocycles. The maximum atomic E-state index is 12.0. The summed E-state index contributed by atoms with van der Waals surface area (Å²) in [7, 11) is 0. The van der Waals surface area contributed by atoms with Crippen molar-refractivity contribution in [1.29, 1.82) is 0 Å². The fourth-order valence-electron chi connectivity index (χ4n) is 3.96. The van der Waals surface area contributed by atoms with Crippen molar-refractivity contribution in [3.05, 3.63) is 75.3 Å². The first-order valence-corrected chi connectivity index (χ1v) is 9.87. The van der Waals surface area contributed by atoms with Crippen molar-refractivity contribution in [3.8, 4) is 11.4 Å². The molecule has 3 heterocycles. The normalized spacial score (nSPS) is 15.0. The molecule has 0 spiro atoms. The molecule has 2 aromatic heterocycles. The molecular formula is C23H26N4O. The van der Waals surface area contributed by atoms with Crippen molar-refractivity contribution in [1.82, 2.24) is 15.0 Å². The molecular weight excluding hydrogens is 348 g/mol. The largest absolute Gasteiger partial charge is 0.357 e. The van der Waals surface area contributed by atoms with Gasteiger partial charge in [-0.2, -0.15) is 0 Å². The lowest BCUT2D eigenvalue weighted by Gasteiger charge is -2.33. The number of H-pyrrole nitrogens is 1. The minimum Gasteiger partial charge on any atom is -0.357 e. The summed E-state index contributed by atoms with van der Waals surface area (Å²) >= 11 is 0. The zero-order valence-electron chi connectivity index (χ0n) is 16.7. The Labute approximate surface area is 165 Å². The van der Waals surface area contributed by atoms with Crippen LogP contribution in [0, 0.1) is 20.8 Å². The number of nitrogens with one attached hydrogen (secondary N) is 1. The summed E-state index contributed by atoms with van der Waals surface area (Å²) in [5.74, 6) is 2.19. The molecule has 1 N–H and O–H groups in total. The van der Waals surface area contributed by atoms with Crippen LogP contribution in [0.4, 0.5) is 5.82 Å². The van der Waals surface area contributed by atoms with E-state index in [0.29, 0.717) is 17.3 Å². The molecule has 5 heteroatoms. The number of anilines is 1. The van der Waals surface area contributed by atoms with Gasteiger partial charge in [0.25, 0.3) is 5.56 Å². The number of piperidine rings is 1. The Kier molecular flexibility index (Phi) is 4.99. The number of pyridine rings is 1. The predicted molar refractivity (Wildman–Crippen MR) is 113 cm³/mol. The van der Waals surface area contributed by atoms with Gasteiger partial charge in [0.1, 0.15) is 11.6 Å². The number of aryl methyl sites for hydroxylation is 2. The Morgan fingerprint density at radius 2 is 1.79 bits per heavy atom. The van der Waals surface area contributed by atoms with Crippen molar-refractivity contribution in [3.63, 3.8) is 0 Å². The topological polar surface area (TPSA) is 61.9 Å². The Morgan fingerprint density at radius 1 is 1.04 bits per heavy atom. The van der Waals surface area contributed by atoms with Gasteiger partial charge in [-0.1, -0.05) is 24.3 Å². The second-order valence-electron chi connectivity index (χ2n) is 7.65. The second-order valence-corrected chi connectivity index (χ2v) is 7.65. The van der Waals surface area contributed by atoms with E-state index in [0.717, 1.165) is 43.0 Å². The molecule has 0 atom stereocenters. The predicted octanol–water partition coefficient (Wildman–Crippen LogP) is 4.14. The first-order valence-electron chi connectivity index (χ1n) is 9.87. The number of hydrogen-bond donors (Lipinski definition) is 1. The Hall–Kier alpha value is -2.95. The highest BCUT2D eigenvalue weighted by Crippen LogP contribution is 2.31. The third-order valence-electron chi connectivity index (χ3n) is 5.86. The summed E-state index contributed by atoms with van der Waals surface area (Å²) < 4.78 is 0. The smallest absolute Gasteiger partial charge is 0.254 e. The van der Waals surface area contributed by atoms with Crippen molar-refractivity contribution in [2.45, 2.75) is 39.5 Å². The number of benzene rings is 1. The van der Waals surface area contributed by atoms with Gasteiger partial charge in [0.2, 0.25) is 0 Å². The number of aromatic amines is 1. The molecule has 1 saturated heterocycles. The van der Waals surface area contributed by atoms with Crippen molar-refractivity contribution >= 4 is 5.82 Å². The number of hydrogen-bond acceptors (Lipinski definition) is 4. The lowest BCUT2D eigenvalue weighted by Crippen LogP contribution is -2.33. The van der Waals surface area contributed by atoms with Gasteiger partial charge in [-0.15, -0.1) is 0 Å². The highest BCUT2D eigenvalue weighted by Gasteiger charge is 2.22. The average Bonchev–Trinajstić information content (AvgIpc) is 2.72. The lowest BCUT2D eigenvalue weighted by atomic mass is 9.87. The van der Waals surface area contributed by atoms with Gasteiger partial charge < -0.3 is 9.88 Å². The molecule has 1 aliphatic heterocycles. The molecule has 0 amide bonds. The van der Waals surface area contributed by atoms with Gasteiger partial charge in [-0.25, -0.2) is 9.97 Å². The molecule has 1 aromatic carbocycles. The third-order valence-corrected chi connectivity index (χ3v) is 5.86. The van der Waals surface area contributed by atoms with E-state index in [4.69, 9.17) is 0 Å². The molecule has 28 heavy (non-hydrogen) atoms. The summed E-state index contributed by atoms with van der Waals surface area (Å²) in [6, 6.07) is 12.7. The molecule has 144 valence electrons. The van der Waals surface area contributed by atoms with E-state index >= 15 is 0 Å². The molecule has 1 aliphatic rings. The van der Waals surface area contributed by atoms with Crippen molar-refractivity contribution < 1.29 is 0 Å². The van der Waals surface area contributed by atoms with Gasteiger partial charge >= 0.3 is 0 Å². The first kappa shape index (κ1) is 18.4. The minimum absolute atomic E-state index is 0.0927. The van der Waals surface area contributed by atoms with Crippen LogP contribution < -0.4 is 10.5 Å². The van der Waals surface area contributed by atoms with Crippen LogP contribution in [0.25, 0.3) is 11.4 Å². The SMILES string of the molecule is Cc1ccccc1C1CCN(c2ccc(-c3nc(C)c(C)c(=O)[nH]3)cn2)CC1. The Bertz CT molecular complexity index is 1030. The van der Waals surface area contributed by atoms with Crippen molar-refractivity contribution in [2.24, 2.45) is 0 Å². The Morgan fingerprint density at radius 3 is 2.43 bits per heavy atom. The maximum absolute atomic E-state index is 12.0. The van der Waals surface area contributed by atoms with Crippen LogP contribution in [-0.4, -0.2) is 28.0 Å². The number of aromatic nitrogens is 3. The van der Waals surface area contributed by atoms with E-state index in [1.54, 1.807) is 13.1 Å². The van der Waals surface area contributed by atoms with Crippen LogP contribution in [0.2, 0.25) is 0 Å². The minimum atomic E-state index is -0.0927. The second kappa shape index (κ2) is 7.58. The number of rotatable bonds is 3. The Balaban J connectivity index is 1.47. The zero-order chi connectivity index (χ0) is 19.7. The third kappa shape index (κ3) is 3.57. The van der Waals surface area contributed by atoms with Crippen LogP contribution >= 0.6 is 0 Å². The maximum Gasteiger partial charge on any atom is 0.254 e. The summed E-state index contributed by atoms with van der Waals surface area (Å²) in [4.78, 5) is 26.3. The summed E-state index contributed by atoms with van der Waals surface area (Å²) in [5, 5.41) is 0.